The van der Waals surface area contributed by atoms with Gasteiger partial charge < -0.3 is 9.52 Å². The van der Waals surface area contributed by atoms with Gasteiger partial charge in [-0.25, -0.2) is 0 Å². The van der Waals surface area contributed by atoms with Crippen LogP contribution in [0.3, 0.4) is 0 Å². The largest absolute Gasteiger partial charge is 0.481 e. The van der Waals surface area contributed by atoms with Crippen LogP contribution in [0.25, 0.3) is 11.5 Å². The number of carbonyl (C=O) groups is 1. The SMILES string of the molecule is Cc1cccc(-c2nnc(CC(C)C(=O)O)o2)c1. The predicted octanol–water partition coefficient (Wildman–Crippen LogP) is 2.31. The molecule has 5 nitrogen and oxygen atoms in total. The first-order valence-corrected chi connectivity index (χ1v) is 5.68. The Hall–Kier alpha value is -2.17. The van der Waals surface area contributed by atoms with Crippen molar-refractivity contribution in [1.82, 2.24) is 10.2 Å². The summed E-state index contributed by atoms with van der Waals surface area (Å²) in [7, 11) is 0. The molecular formula is C13H14N2O3. The number of carboxylic acids is 1. The molecule has 0 fully saturated rings. The van der Waals surface area contributed by atoms with Gasteiger partial charge in [-0.1, -0.05) is 24.6 Å². The summed E-state index contributed by atoms with van der Waals surface area (Å²) in [5.41, 5.74) is 1.95. The zero-order chi connectivity index (χ0) is 13.1. The van der Waals surface area contributed by atoms with Gasteiger partial charge >= 0.3 is 5.97 Å². The molecule has 1 aromatic heterocycles. The Labute approximate surface area is 104 Å². The number of aromatic nitrogens is 2. The minimum absolute atomic E-state index is 0.244. The summed E-state index contributed by atoms with van der Waals surface area (Å²) < 4.78 is 5.46. The quantitative estimate of drug-likeness (QED) is 0.895. The van der Waals surface area contributed by atoms with Gasteiger partial charge in [-0.15, -0.1) is 10.2 Å². The van der Waals surface area contributed by atoms with E-state index >= 15 is 0 Å². The number of aryl methyl sites for hydroxylation is 1. The highest BCUT2D eigenvalue weighted by Gasteiger charge is 2.16. The second kappa shape index (κ2) is 5.00. The average Bonchev–Trinajstić information content (AvgIpc) is 2.77. The van der Waals surface area contributed by atoms with Gasteiger partial charge in [0, 0.05) is 12.0 Å². The number of hydrogen-bond donors (Lipinski definition) is 1. The molecule has 1 heterocycles. The number of aliphatic carboxylic acids is 1. The molecule has 0 amide bonds. The number of carboxylic acid groups (broad SMARTS) is 1. The van der Waals surface area contributed by atoms with Crippen LogP contribution in [0.15, 0.2) is 28.7 Å². The molecule has 0 saturated carbocycles. The first-order chi connectivity index (χ1) is 8.56. The Bertz CT molecular complexity index is 563. The number of nitrogens with zero attached hydrogens (tertiary/aromatic N) is 2. The van der Waals surface area contributed by atoms with Gasteiger partial charge in [-0.3, -0.25) is 4.79 Å². The fourth-order valence-electron chi connectivity index (χ4n) is 1.58. The Morgan fingerprint density at radius 1 is 1.44 bits per heavy atom. The maximum absolute atomic E-state index is 10.7. The molecule has 0 bridgehead atoms. The monoisotopic (exact) mass is 246 g/mol. The lowest BCUT2D eigenvalue weighted by Crippen LogP contribution is -2.12. The summed E-state index contributed by atoms with van der Waals surface area (Å²) in [4.78, 5) is 10.7. The van der Waals surface area contributed by atoms with E-state index < -0.39 is 11.9 Å². The minimum atomic E-state index is -0.870. The molecule has 94 valence electrons. The van der Waals surface area contributed by atoms with Crippen molar-refractivity contribution in [2.24, 2.45) is 5.92 Å². The highest BCUT2D eigenvalue weighted by molar-refractivity contribution is 5.69. The maximum Gasteiger partial charge on any atom is 0.306 e. The van der Waals surface area contributed by atoms with E-state index in [1.807, 2.05) is 31.2 Å². The predicted molar refractivity (Wildman–Crippen MR) is 65.0 cm³/mol. The van der Waals surface area contributed by atoms with E-state index in [2.05, 4.69) is 10.2 Å². The molecule has 0 radical (unpaired) electrons. The van der Waals surface area contributed by atoms with Crippen molar-refractivity contribution >= 4 is 5.97 Å². The third kappa shape index (κ3) is 2.74. The number of rotatable bonds is 4. The summed E-state index contributed by atoms with van der Waals surface area (Å²) in [6, 6.07) is 7.71. The second-order valence-corrected chi connectivity index (χ2v) is 4.31. The average molecular weight is 246 g/mol. The summed E-state index contributed by atoms with van der Waals surface area (Å²) in [6.45, 7) is 3.59. The van der Waals surface area contributed by atoms with E-state index in [4.69, 9.17) is 9.52 Å². The van der Waals surface area contributed by atoms with E-state index in [-0.39, 0.29) is 6.42 Å². The summed E-state index contributed by atoms with van der Waals surface area (Å²) in [5, 5.41) is 16.6. The molecule has 0 saturated heterocycles. The van der Waals surface area contributed by atoms with Crippen molar-refractivity contribution in [2.75, 3.05) is 0 Å². The zero-order valence-corrected chi connectivity index (χ0v) is 10.3. The van der Waals surface area contributed by atoms with Gasteiger partial charge in [0.15, 0.2) is 0 Å². The molecule has 1 aromatic carbocycles. The molecule has 18 heavy (non-hydrogen) atoms. The molecule has 1 atom stereocenters. The van der Waals surface area contributed by atoms with Gasteiger partial charge in [0.2, 0.25) is 11.8 Å². The molecule has 2 aromatic rings. The fourth-order valence-corrected chi connectivity index (χ4v) is 1.58. The van der Waals surface area contributed by atoms with Crippen LogP contribution in [0.2, 0.25) is 0 Å². The van der Waals surface area contributed by atoms with Crippen molar-refractivity contribution in [2.45, 2.75) is 20.3 Å². The molecule has 0 spiro atoms. The number of benzene rings is 1. The molecule has 0 aliphatic rings. The molecular weight excluding hydrogens is 232 g/mol. The van der Waals surface area contributed by atoms with Gasteiger partial charge in [0.25, 0.3) is 0 Å². The van der Waals surface area contributed by atoms with Crippen LogP contribution in [0.4, 0.5) is 0 Å². The van der Waals surface area contributed by atoms with Crippen molar-refractivity contribution in [1.29, 1.82) is 0 Å². The zero-order valence-electron chi connectivity index (χ0n) is 10.3. The van der Waals surface area contributed by atoms with E-state index in [0.29, 0.717) is 11.8 Å². The lowest BCUT2D eigenvalue weighted by Gasteiger charge is -2.00. The van der Waals surface area contributed by atoms with Crippen LogP contribution in [-0.2, 0) is 11.2 Å². The van der Waals surface area contributed by atoms with Crippen LogP contribution in [0.1, 0.15) is 18.4 Å². The molecule has 0 aliphatic carbocycles. The van der Waals surface area contributed by atoms with Crippen molar-refractivity contribution in [3.63, 3.8) is 0 Å². The van der Waals surface area contributed by atoms with Crippen molar-refractivity contribution < 1.29 is 14.3 Å². The lowest BCUT2D eigenvalue weighted by atomic mass is 10.1. The Balaban J connectivity index is 2.18. The third-order valence-corrected chi connectivity index (χ3v) is 2.63. The second-order valence-electron chi connectivity index (χ2n) is 4.31. The Morgan fingerprint density at radius 3 is 2.89 bits per heavy atom. The van der Waals surface area contributed by atoms with E-state index in [9.17, 15) is 4.79 Å². The van der Waals surface area contributed by atoms with Crippen LogP contribution >= 0.6 is 0 Å². The lowest BCUT2D eigenvalue weighted by molar-refractivity contribution is -0.141. The van der Waals surface area contributed by atoms with Crippen LogP contribution in [-0.4, -0.2) is 21.3 Å². The minimum Gasteiger partial charge on any atom is -0.481 e. The van der Waals surface area contributed by atoms with Gasteiger partial charge in [-0.2, -0.15) is 0 Å². The maximum atomic E-state index is 10.7. The molecule has 1 N–H and O–H groups in total. The standard InChI is InChI=1S/C13H14N2O3/c1-8-4-3-5-10(6-8)12-15-14-11(18-12)7-9(2)13(16)17/h3-6,9H,7H2,1-2H3,(H,16,17). The van der Waals surface area contributed by atoms with Crippen LogP contribution in [0.5, 0.6) is 0 Å². The van der Waals surface area contributed by atoms with Gasteiger partial charge in [0.1, 0.15) is 0 Å². The first kappa shape index (κ1) is 12.3. The molecule has 1 unspecified atom stereocenters. The van der Waals surface area contributed by atoms with Crippen LogP contribution in [0, 0.1) is 12.8 Å². The summed E-state index contributed by atoms with van der Waals surface area (Å²) in [5.74, 6) is -0.631. The van der Waals surface area contributed by atoms with E-state index in [0.717, 1.165) is 11.1 Å². The van der Waals surface area contributed by atoms with Crippen molar-refractivity contribution in [3.05, 3.63) is 35.7 Å². The van der Waals surface area contributed by atoms with Gasteiger partial charge in [0.05, 0.1) is 5.92 Å². The summed E-state index contributed by atoms with van der Waals surface area (Å²) in [6.07, 6.45) is 0.244. The van der Waals surface area contributed by atoms with Gasteiger partial charge in [-0.05, 0) is 19.1 Å². The number of hydrogen-bond acceptors (Lipinski definition) is 4. The molecule has 5 heteroatoms. The highest BCUT2D eigenvalue weighted by Crippen LogP contribution is 2.19. The fraction of sp³-hybridized carbons (Fsp3) is 0.308. The summed E-state index contributed by atoms with van der Waals surface area (Å²) >= 11 is 0. The Morgan fingerprint density at radius 2 is 2.22 bits per heavy atom. The van der Waals surface area contributed by atoms with Crippen LogP contribution < -0.4 is 0 Å². The van der Waals surface area contributed by atoms with E-state index in [1.165, 1.54) is 0 Å². The Kier molecular flexibility index (Phi) is 3.41. The molecule has 0 aliphatic heterocycles. The highest BCUT2D eigenvalue weighted by atomic mass is 16.4. The topological polar surface area (TPSA) is 76.2 Å². The first-order valence-electron chi connectivity index (χ1n) is 5.68. The smallest absolute Gasteiger partial charge is 0.306 e. The van der Waals surface area contributed by atoms with Crippen molar-refractivity contribution in [3.8, 4) is 11.5 Å². The third-order valence-electron chi connectivity index (χ3n) is 2.63. The molecule has 2 rings (SSSR count). The normalized spacial score (nSPS) is 12.3. The van der Waals surface area contributed by atoms with E-state index in [1.54, 1.807) is 6.92 Å².